The van der Waals surface area contributed by atoms with Gasteiger partial charge in [-0.2, -0.15) is 5.10 Å². The van der Waals surface area contributed by atoms with E-state index >= 15 is 0 Å². The van der Waals surface area contributed by atoms with Crippen LogP contribution in [-0.4, -0.2) is 5.91 Å². The van der Waals surface area contributed by atoms with Gasteiger partial charge in [-0.05, 0) is 6.07 Å². The van der Waals surface area contributed by atoms with E-state index in [1.165, 1.54) is 6.08 Å². The fraction of sp³-hybridized carbons (Fsp3) is 0. The maximum Gasteiger partial charge on any atom is 0.264 e. The van der Waals surface area contributed by atoms with Gasteiger partial charge in [0.25, 0.3) is 5.91 Å². The predicted octanol–water partition coefficient (Wildman–Crippen LogP) is -0.312. The van der Waals surface area contributed by atoms with Crippen molar-refractivity contribution < 1.29 is 4.79 Å². The minimum atomic E-state index is -0.203. The van der Waals surface area contributed by atoms with Crippen molar-refractivity contribution >= 4 is 12.0 Å². The number of hydrogen-bond acceptors (Lipinski definition) is 2. The molecule has 0 unspecified atom stereocenters. The molecule has 0 saturated carbocycles. The Balaban J connectivity index is 2.69. The molecular formula is C10H8N2O. The monoisotopic (exact) mass is 172 g/mol. The molecule has 1 aliphatic rings. The van der Waals surface area contributed by atoms with Gasteiger partial charge in [0.1, 0.15) is 0 Å². The van der Waals surface area contributed by atoms with E-state index in [2.05, 4.69) is 10.5 Å². The second-order valence-corrected chi connectivity index (χ2v) is 2.67. The zero-order chi connectivity index (χ0) is 9.10. The molecule has 3 nitrogen and oxygen atoms in total. The number of allylic oxidation sites excluding steroid dienone is 1. The molecule has 0 atom stereocenters. The standard InChI is InChI=1S/C10H8N2O/c13-10-7-3-5-8-4-1-2-6-9(8)11-12-10/h1-7H,(H,12,13). The maximum atomic E-state index is 10.9. The number of fused-ring (bicyclic) bond motifs is 1. The molecule has 3 heteroatoms. The van der Waals surface area contributed by atoms with Gasteiger partial charge in [-0.3, -0.25) is 4.79 Å². The summed E-state index contributed by atoms with van der Waals surface area (Å²) in [5.41, 5.74) is 2.42. The van der Waals surface area contributed by atoms with Crippen molar-refractivity contribution in [3.8, 4) is 0 Å². The number of nitrogens with zero attached hydrogens (tertiary/aromatic N) is 1. The van der Waals surface area contributed by atoms with E-state index in [1.807, 2.05) is 30.3 Å². The quantitative estimate of drug-likeness (QED) is 0.573. The molecule has 0 radical (unpaired) electrons. The summed E-state index contributed by atoms with van der Waals surface area (Å²) in [7, 11) is 0. The third-order valence-electron chi connectivity index (χ3n) is 1.75. The molecule has 0 fully saturated rings. The van der Waals surface area contributed by atoms with Crippen molar-refractivity contribution in [2.24, 2.45) is 5.10 Å². The number of amides is 1. The van der Waals surface area contributed by atoms with Gasteiger partial charge >= 0.3 is 0 Å². The summed E-state index contributed by atoms with van der Waals surface area (Å²) in [5.74, 6) is -0.203. The highest BCUT2D eigenvalue weighted by Gasteiger charge is 1.93. The van der Waals surface area contributed by atoms with Gasteiger partial charge in [0.2, 0.25) is 0 Å². The number of nitrogens with one attached hydrogen (secondary N) is 1. The summed E-state index contributed by atoms with van der Waals surface area (Å²) < 4.78 is 0. The topological polar surface area (TPSA) is 41.5 Å². The SMILES string of the molecule is O=C1C=C/C=c2/cccc/c2=N/N1. The van der Waals surface area contributed by atoms with Crippen LogP contribution in [0.4, 0.5) is 0 Å². The minimum Gasteiger partial charge on any atom is -0.268 e. The molecule has 0 bridgehead atoms. The smallest absolute Gasteiger partial charge is 0.264 e. The first-order valence-electron chi connectivity index (χ1n) is 3.97. The number of rotatable bonds is 0. The Hall–Kier alpha value is -1.90. The number of carbonyl (C=O) groups is 1. The van der Waals surface area contributed by atoms with Crippen LogP contribution in [0.3, 0.4) is 0 Å². The van der Waals surface area contributed by atoms with E-state index in [1.54, 1.807) is 6.08 Å². The second-order valence-electron chi connectivity index (χ2n) is 2.67. The Morgan fingerprint density at radius 2 is 2.08 bits per heavy atom. The van der Waals surface area contributed by atoms with Crippen LogP contribution in [0.15, 0.2) is 41.5 Å². The summed E-state index contributed by atoms with van der Waals surface area (Å²) in [5, 5.41) is 5.72. The van der Waals surface area contributed by atoms with Gasteiger partial charge in [0.15, 0.2) is 0 Å². The van der Waals surface area contributed by atoms with Crippen molar-refractivity contribution in [3.05, 3.63) is 47.0 Å². The first-order chi connectivity index (χ1) is 6.36. The Morgan fingerprint density at radius 1 is 1.23 bits per heavy atom. The van der Waals surface area contributed by atoms with E-state index in [-0.39, 0.29) is 5.91 Å². The molecule has 0 saturated heterocycles. The normalized spacial score (nSPS) is 19.5. The van der Waals surface area contributed by atoms with Crippen LogP contribution in [0.2, 0.25) is 0 Å². The third kappa shape index (κ3) is 1.64. The molecule has 64 valence electrons. The number of carbonyl (C=O) groups excluding carboxylic acids is 1. The van der Waals surface area contributed by atoms with E-state index < -0.39 is 0 Å². The summed E-state index contributed by atoms with van der Waals surface area (Å²) in [4.78, 5) is 10.9. The average molecular weight is 172 g/mol. The summed E-state index contributed by atoms with van der Waals surface area (Å²) >= 11 is 0. The van der Waals surface area contributed by atoms with Crippen LogP contribution in [0, 0.1) is 0 Å². The molecule has 1 aliphatic heterocycles. The third-order valence-corrected chi connectivity index (χ3v) is 1.75. The lowest BCUT2D eigenvalue weighted by molar-refractivity contribution is -0.116. The van der Waals surface area contributed by atoms with Crippen LogP contribution in [-0.2, 0) is 4.79 Å². The van der Waals surface area contributed by atoms with Crippen molar-refractivity contribution in [1.82, 2.24) is 5.43 Å². The van der Waals surface area contributed by atoms with Crippen LogP contribution >= 0.6 is 0 Å². The molecule has 1 N–H and O–H groups in total. The lowest BCUT2D eigenvalue weighted by Crippen LogP contribution is -2.30. The summed E-state index contributed by atoms with van der Waals surface area (Å²) in [6, 6.07) is 7.61. The van der Waals surface area contributed by atoms with Crippen molar-refractivity contribution in [1.29, 1.82) is 0 Å². The van der Waals surface area contributed by atoms with E-state index in [0.29, 0.717) is 0 Å². The average Bonchev–Trinajstić information content (AvgIpc) is 2.13. The minimum absolute atomic E-state index is 0.203. The molecule has 13 heavy (non-hydrogen) atoms. The lowest BCUT2D eigenvalue weighted by Gasteiger charge is -1.95. The van der Waals surface area contributed by atoms with E-state index in [9.17, 15) is 4.79 Å². The van der Waals surface area contributed by atoms with E-state index in [4.69, 9.17) is 0 Å². The first kappa shape index (κ1) is 7.73. The van der Waals surface area contributed by atoms with Crippen molar-refractivity contribution in [3.63, 3.8) is 0 Å². The van der Waals surface area contributed by atoms with Crippen molar-refractivity contribution in [2.75, 3.05) is 0 Å². The molecule has 0 aromatic heterocycles. The summed E-state index contributed by atoms with van der Waals surface area (Å²) in [6.07, 6.45) is 5.01. The van der Waals surface area contributed by atoms with Gasteiger partial charge in [-0.15, -0.1) is 0 Å². The largest absolute Gasteiger partial charge is 0.268 e. The zero-order valence-corrected chi connectivity index (χ0v) is 6.90. The molecule has 1 aromatic rings. The fourth-order valence-corrected chi connectivity index (χ4v) is 1.12. The van der Waals surface area contributed by atoms with Crippen LogP contribution in [0.5, 0.6) is 0 Å². The molecule has 1 amide bonds. The highest BCUT2D eigenvalue weighted by molar-refractivity contribution is 5.88. The number of hydrogen-bond donors (Lipinski definition) is 1. The Morgan fingerprint density at radius 3 is 3.00 bits per heavy atom. The molecule has 1 aromatic carbocycles. The number of para-hydroxylation sites is 1. The highest BCUT2D eigenvalue weighted by atomic mass is 16.2. The van der Waals surface area contributed by atoms with Gasteiger partial charge in [0, 0.05) is 11.3 Å². The maximum absolute atomic E-state index is 10.9. The first-order valence-corrected chi connectivity index (χ1v) is 3.97. The number of benzene rings is 1. The van der Waals surface area contributed by atoms with E-state index in [0.717, 1.165) is 10.6 Å². The lowest BCUT2D eigenvalue weighted by atomic mass is 10.2. The molecule has 2 rings (SSSR count). The fourth-order valence-electron chi connectivity index (χ4n) is 1.12. The van der Waals surface area contributed by atoms with Crippen LogP contribution in [0.1, 0.15) is 0 Å². The van der Waals surface area contributed by atoms with Crippen molar-refractivity contribution in [2.45, 2.75) is 0 Å². The summed E-state index contributed by atoms with van der Waals surface area (Å²) in [6.45, 7) is 0. The van der Waals surface area contributed by atoms with Gasteiger partial charge < -0.3 is 0 Å². The molecule has 0 aliphatic carbocycles. The highest BCUT2D eigenvalue weighted by Crippen LogP contribution is 1.79. The van der Waals surface area contributed by atoms with Gasteiger partial charge in [0.05, 0.1) is 5.36 Å². The predicted molar refractivity (Wildman–Crippen MR) is 49.0 cm³/mol. The van der Waals surface area contributed by atoms with Gasteiger partial charge in [-0.25, -0.2) is 5.43 Å². The zero-order valence-electron chi connectivity index (χ0n) is 6.90. The Labute approximate surface area is 75.1 Å². The molecule has 0 spiro atoms. The molecule has 1 heterocycles. The second kappa shape index (κ2) is 3.23. The Kier molecular flexibility index (Phi) is 1.92. The van der Waals surface area contributed by atoms with Crippen LogP contribution < -0.4 is 16.0 Å². The van der Waals surface area contributed by atoms with Gasteiger partial charge in [-0.1, -0.05) is 30.4 Å². The van der Waals surface area contributed by atoms with Crippen LogP contribution in [0.25, 0.3) is 6.08 Å². The molecular weight excluding hydrogens is 164 g/mol. The Bertz CT molecular complexity index is 474.